The molecular weight excluding hydrogens is 286 g/mol. The molecule has 0 spiro atoms. The van der Waals surface area contributed by atoms with Crippen LogP contribution in [0.5, 0.6) is 0 Å². The second kappa shape index (κ2) is 7.79. The molecule has 0 aromatic carbocycles. The Hall–Kier alpha value is -0.690. The first kappa shape index (κ1) is 16.4. The lowest BCUT2D eigenvalue weighted by Gasteiger charge is -2.15. The average Bonchev–Trinajstić information content (AvgIpc) is 2.70. The van der Waals surface area contributed by atoms with Crippen LogP contribution >= 0.6 is 23.7 Å². The van der Waals surface area contributed by atoms with Gasteiger partial charge in [0.2, 0.25) is 0 Å². The summed E-state index contributed by atoms with van der Waals surface area (Å²) in [4.78, 5) is 17.2. The first-order chi connectivity index (χ1) is 8.69. The number of nitrogens with one attached hydrogen (secondary N) is 1. The highest BCUT2D eigenvalue weighted by Crippen LogP contribution is 2.29. The minimum atomic E-state index is -0.140. The van der Waals surface area contributed by atoms with Gasteiger partial charge in [0, 0.05) is 17.5 Å². The van der Waals surface area contributed by atoms with E-state index in [-0.39, 0.29) is 31.0 Å². The molecule has 1 aliphatic rings. The molecule has 0 radical (unpaired) electrons. The van der Waals surface area contributed by atoms with Crippen molar-refractivity contribution in [2.45, 2.75) is 38.6 Å². The van der Waals surface area contributed by atoms with Crippen LogP contribution in [0.4, 0.5) is 5.13 Å². The lowest BCUT2D eigenvalue weighted by Crippen LogP contribution is -2.27. The number of nitrogens with two attached hydrogens (primary N) is 1. The number of hydrogen-bond acceptors (Lipinski definition) is 5. The highest BCUT2D eigenvalue weighted by molar-refractivity contribution is 7.15. The summed E-state index contributed by atoms with van der Waals surface area (Å²) in [6, 6.07) is 0.231. The van der Waals surface area contributed by atoms with Gasteiger partial charge in [-0.2, -0.15) is 0 Å². The number of aromatic nitrogens is 1. The molecule has 0 bridgehead atoms. The number of carbonyl (C=O) groups is 1. The van der Waals surface area contributed by atoms with Gasteiger partial charge in [0.15, 0.2) is 5.13 Å². The zero-order valence-electron chi connectivity index (χ0n) is 11.0. The molecule has 1 heterocycles. The van der Waals surface area contributed by atoms with Crippen LogP contribution in [0.2, 0.25) is 0 Å². The maximum absolute atomic E-state index is 11.6. The van der Waals surface area contributed by atoms with E-state index >= 15 is 0 Å². The van der Waals surface area contributed by atoms with Gasteiger partial charge < -0.3 is 10.5 Å². The minimum Gasteiger partial charge on any atom is -0.372 e. The summed E-state index contributed by atoms with van der Waals surface area (Å²) in [5.74, 6) is -0.140. The normalized spacial score (nSPS) is 17.5. The minimum absolute atomic E-state index is 0. The van der Waals surface area contributed by atoms with Gasteiger partial charge in [-0.15, -0.1) is 23.7 Å². The summed E-state index contributed by atoms with van der Waals surface area (Å²) in [7, 11) is 0. The number of rotatable bonds is 5. The van der Waals surface area contributed by atoms with Crippen LogP contribution in [0.15, 0.2) is 0 Å². The molecule has 0 saturated heterocycles. The van der Waals surface area contributed by atoms with Crippen molar-refractivity contribution in [2.24, 2.45) is 5.73 Å². The van der Waals surface area contributed by atoms with Gasteiger partial charge in [0.25, 0.3) is 5.91 Å². The summed E-state index contributed by atoms with van der Waals surface area (Å²) in [6.07, 6.45) is 3.67. The Morgan fingerprint density at radius 3 is 3.16 bits per heavy atom. The third-order valence-corrected chi connectivity index (χ3v) is 3.84. The lowest BCUT2D eigenvalue weighted by atomic mass is 9.99. The number of hydrogen-bond donors (Lipinski definition) is 2. The quantitative estimate of drug-likeness (QED) is 0.812. The number of carbonyl (C=O) groups excluding carboxylic acids is 1. The van der Waals surface area contributed by atoms with Crippen LogP contribution in [0.3, 0.4) is 0 Å². The molecule has 0 saturated carbocycles. The van der Waals surface area contributed by atoms with E-state index in [1.54, 1.807) is 0 Å². The zero-order valence-corrected chi connectivity index (χ0v) is 12.6. The molecule has 1 amide bonds. The van der Waals surface area contributed by atoms with Gasteiger partial charge in [-0.1, -0.05) is 6.92 Å². The highest BCUT2D eigenvalue weighted by atomic mass is 35.5. The summed E-state index contributed by atoms with van der Waals surface area (Å²) in [5, 5.41) is 3.44. The van der Waals surface area contributed by atoms with Gasteiger partial charge in [-0.05, 0) is 25.7 Å². The SMILES string of the molecule is CCCOCC(=O)Nc1nc2c(s1)C[C@@H](N)CC2.Cl. The summed E-state index contributed by atoms with van der Waals surface area (Å²) in [5.41, 5.74) is 7.00. The van der Waals surface area contributed by atoms with Crippen LogP contribution in [0, 0.1) is 0 Å². The Labute approximate surface area is 123 Å². The number of halogens is 1. The standard InChI is InChI=1S/C12H19N3O2S.ClH/c1-2-5-17-7-11(16)15-12-14-9-4-3-8(13)6-10(9)18-12;/h8H,2-7,13H2,1H3,(H,14,15,16);1H/t8-;/m0./s1. The van der Waals surface area contributed by atoms with E-state index in [0.29, 0.717) is 11.7 Å². The van der Waals surface area contributed by atoms with Crippen LogP contribution in [0.25, 0.3) is 0 Å². The van der Waals surface area contributed by atoms with Crippen molar-refractivity contribution in [2.75, 3.05) is 18.5 Å². The van der Waals surface area contributed by atoms with Gasteiger partial charge in [0.1, 0.15) is 6.61 Å². The number of fused-ring (bicyclic) bond motifs is 1. The fourth-order valence-corrected chi connectivity index (χ4v) is 3.04. The molecule has 3 N–H and O–H groups in total. The van der Waals surface area contributed by atoms with E-state index in [0.717, 1.165) is 31.4 Å². The van der Waals surface area contributed by atoms with E-state index in [2.05, 4.69) is 10.3 Å². The van der Waals surface area contributed by atoms with Crippen molar-refractivity contribution in [1.29, 1.82) is 0 Å². The predicted octanol–water partition coefficient (Wildman–Crippen LogP) is 1.75. The molecule has 2 rings (SSSR count). The van der Waals surface area contributed by atoms with Crippen molar-refractivity contribution >= 4 is 34.8 Å². The first-order valence-corrected chi connectivity index (χ1v) is 7.12. The van der Waals surface area contributed by atoms with E-state index in [9.17, 15) is 4.79 Å². The predicted molar refractivity (Wildman–Crippen MR) is 79.1 cm³/mol. The Kier molecular flexibility index (Phi) is 6.71. The monoisotopic (exact) mass is 305 g/mol. The Morgan fingerprint density at radius 2 is 2.42 bits per heavy atom. The smallest absolute Gasteiger partial charge is 0.252 e. The molecule has 0 fully saturated rings. The molecule has 108 valence electrons. The van der Waals surface area contributed by atoms with Crippen LogP contribution in [-0.4, -0.2) is 30.1 Å². The fourth-order valence-electron chi connectivity index (χ4n) is 1.92. The summed E-state index contributed by atoms with van der Waals surface area (Å²) < 4.78 is 5.18. The largest absolute Gasteiger partial charge is 0.372 e. The van der Waals surface area contributed by atoms with E-state index in [1.807, 2.05) is 6.92 Å². The Bertz CT molecular complexity index is 425. The Balaban J connectivity index is 0.00000180. The zero-order chi connectivity index (χ0) is 13.0. The van der Waals surface area contributed by atoms with Crippen molar-refractivity contribution in [1.82, 2.24) is 4.98 Å². The third-order valence-electron chi connectivity index (χ3n) is 2.81. The molecule has 1 aromatic heterocycles. The number of nitrogens with zero attached hydrogens (tertiary/aromatic N) is 1. The van der Waals surface area contributed by atoms with Gasteiger partial charge >= 0.3 is 0 Å². The van der Waals surface area contributed by atoms with Crippen molar-refractivity contribution in [3.8, 4) is 0 Å². The molecular formula is C12H20ClN3O2S. The van der Waals surface area contributed by atoms with Crippen LogP contribution < -0.4 is 11.1 Å². The van der Waals surface area contributed by atoms with Crippen LogP contribution in [0.1, 0.15) is 30.3 Å². The molecule has 7 heteroatoms. The first-order valence-electron chi connectivity index (χ1n) is 6.30. The lowest BCUT2D eigenvalue weighted by molar-refractivity contribution is -0.120. The number of ether oxygens (including phenoxy) is 1. The van der Waals surface area contributed by atoms with E-state index in [4.69, 9.17) is 10.5 Å². The molecule has 5 nitrogen and oxygen atoms in total. The Morgan fingerprint density at radius 1 is 1.63 bits per heavy atom. The molecule has 1 atom stereocenters. The number of thiazole rings is 1. The second-order valence-electron chi connectivity index (χ2n) is 4.49. The maximum atomic E-state index is 11.6. The summed E-state index contributed by atoms with van der Waals surface area (Å²) >= 11 is 1.53. The van der Waals surface area contributed by atoms with Gasteiger partial charge in [-0.3, -0.25) is 10.1 Å². The van der Waals surface area contributed by atoms with E-state index < -0.39 is 0 Å². The second-order valence-corrected chi connectivity index (χ2v) is 5.58. The molecule has 0 unspecified atom stereocenters. The number of amides is 1. The fraction of sp³-hybridized carbons (Fsp3) is 0.667. The van der Waals surface area contributed by atoms with Gasteiger partial charge in [0.05, 0.1) is 5.69 Å². The van der Waals surface area contributed by atoms with Crippen molar-refractivity contribution < 1.29 is 9.53 Å². The molecule has 1 aliphatic carbocycles. The highest BCUT2D eigenvalue weighted by Gasteiger charge is 2.20. The molecule has 19 heavy (non-hydrogen) atoms. The van der Waals surface area contributed by atoms with Crippen molar-refractivity contribution in [3.63, 3.8) is 0 Å². The van der Waals surface area contributed by atoms with Crippen LogP contribution in [-0.2, 0) is 22.4 Å². The number of anilines is 1. The molecule has 1 aromatic rings. The maximum Gasteiger partial charge on any atom is 0.252 e. The molecule has 0 aliphatic heterocycles. The topological polar surface area (TPSA) is 77.2 Å². The average molecular weight is 306 g/mol. The van der Waals surface area contributed by atoms with E-state index in [1.165, 1.54) is 16.2 Å². The number of aryl methyl sites for hydroxylation is 1. The van der Waals surface area contributed by atoms with Gasteiger partial charge in [-0.25, -0.2) is 4.98 Å². The summed E-state index contributed by atoms with van der Waals surface area (Å²) in [6.45, 7) is 2.71. The van der Waals surface area contributed by atoms with Crippen molar-refractivity contribution in [3.05, 3.63) is 10.6 Å². The third kappa shape index (κ3) is 4.72.